The van der Waals surface area contributed by atoms with Crippen LogP contribution >= 0.6 is 0 Å². The molecule has 0 amide bonds. The lowest BCUT2D eigenvalue weighted by Gasteiger charge is -2.46. The summed E-state index contributed by atoms with van der Waals surface area (Å²) in [5.74, 6) is 0.499. The Kier molecular flexibility index (Phi) is 3.09. The minimum absolute atomic E-state index is 0.0597. The van der Waals surface area contributed by atoms with Crippen LogP contribution in [0.2, 0.25) is 0 Å². The molecule has 2 fully saturated rings. The molecule has 2 aliphatic rings. The van der Waals surface area contributed by atoms with Crippen LogP contribution in [-0.4, -0.2) is 17.3 Å². The monoisotopic (exact) mass is 211 g/mol. The first kappa shape index (κ1) is 11.4. The third-order valence-electron chi connectivity index (χ3n) is 5.15. The first-order chi connectivity index (χ1) is 7.18. The highest BCUT2D eigenvalue weighted by Gasteiger charge is 2.55. The van der Waals surface area contributed by atoms with Gasteiger partial charge in [-0.2, -0.15) is 0 Å². The Morgan fingerprint density at radius 3 is 2.40 bits per heavy atom. The minimum Gasteiger partial charge on any atom is -0.389 e. The van der Waals surface area contributed by atoms with E-state index in [2.05, 4.69) is 6.92 Å². The van der Waals surface area contributed by atoms with Gasteiger partial charge in [0.05, 0.1) is 5.60 Å². The molecular formula is C13H25NO. The summed E-state index contributed by atoms with van der Waals surface area (Å²) in [6.45, 7) is 2.89. The molecule has 0 heterocycles. The molecule has 0 aromatic carbocycles. The second kappa shape index (κ2) is 4.06. The van der Waals surface area contributed by atoms with Gasteiger partial charge in [-0.05, 0) is 31.6 Å². The van der Waals surface area contributed by atoms with Gasteiger partial charge in [0.15, 0.2) is 0 Å². The maximum absolute atomic E-state index is 11.0. The number of aliphatic hydroxyl groups is 1. The third kappa shape index (κ3) is 1.53. The van der Waals surface area contributed by atoms with Crippen molar-refractivity contribution in [1.29, 1.82) is 0 Å². The topological polar surface area (TPSA) is 46.2 Å². The Balaban J connectivity index is 2.25. The summed E-state index contributed by atoms with van der Waals surface area (Å²) >= 11 is 0. The number of nitrogens with two attached hydrogens (primary N) is 1. The zero-order valence-electron chi connectivity index (χ0n) is 9.97. The second-order valence-electron chi connectivity index (χ2n) is 5.61. The summed E-state index contributed by atoms with van der Waals surface area (Å²) in [7, 11) is 0. The molecule has 0 radical (unpaired) electrons. The van der Waals surface area contributed by atoms with Gasteiger partial charge in [-0.1, -0.05) is 32.6 Å². The lowest BCUT2D eigenvalue weighted by molar-refractivity contribution is -0.107. The number of rotatable bonds is 3. The normalized spacial score (nSPS) is 39.8. The second-order valence-corrected chi connectivity index (χ2v) is 5.61. The average Bonchev–Trinajstić information content (AvgIpc) is 2.85. The zero-order valence-corrected chi connectivity index (χ0v) is 9.97. The zero-order chi connectivity index (χ0) is 10.9. The van der Waals surface area contributed by atoms with Gasteiger partial charge in [0.25, 0.3) is 0 Å². The Labute approximate surface area is 93.2 Å². The number of hydrogen-bond donors (Lipinski definition) is 2. The third-order valence-corrected chi connectivity index (χ3v) is 5.15. The molecule has 88 valence electrons. The smallest absolute Gasteiger partial charge is 0.0743 e. The maximum Gasteiger partial charge on any atom is 0.0743 e. The molecule has 2 unspecified atom stereocenters. The quantitative estimate of drug-likeness (QED) is 0.753. The highest BCUT2D eigenvalue weighted by molar-refractivity contribution is 5.07. The predicted molar refractivity (Wildman–Crippen MR) is 62.5 cm³/mol. The first-order valence-electron chi connectivity index (χ1n) is 6.61. The van der Waals surface area contributed by atoms with Crippen LogP contribution in [0.3, 0.4) is 0 Å². The molecule has 2 aliphatic carbocycles. The largest absolute Gasteiger partial charge is 0.389 e. The molecule has 15 heavy (non-hydrogen) atoms. The van der Waals surface area contributed by atoms with Crippen LogP contribution in [0.5, 0.6) is 0 Å². The molecule has 2 nitrogen and oxygen atoms in total. The van der Waals surface area contributed by atoms with E-state index >= 15 is 0 Å². The van der Waals surface area contributed by atoms with Crippen molar-refractivity contribution in [3.05, 3.63) is 0 Å². The summed E-state index contributed by atoms with van der Waals surface area (Å²) in [6, 6.07) is 0. The fourth-order valence-electron chi connectivity index (χ4n) is 4.17. The van der Waals surface area contributed by atoms with Crippen LogP contribution in [0, 0.1) is 11.3 Å². The molecule has 0 bridgehead atoms. The summed E-state index contributed by atoms with van der Waals surface area (Å²) in [4.78, 5) is 0. The van der Waals surface area contributed by atoms with E-state index in [-0.39, 0.29) is 5.41 Å². The van der Waals surface area contributed by atoms with Crippen molar-refractivity contribution in [2.24, 2.45) is 17.1 Å². The lowest BCUT2D eigenvalue weighted by atomic mass is 9.65. The van der Waals surface area contributed by atoms with Crippen LogP contribution in [0.4, 0.5) is 0 Å². The van der Waals surface area contributed by atoms with Gasteiger partial charge >= 0.3 is 0 Å². The highest BCUT2D eigenvalue weighted by Crippen LogP contribution is 2.55. The van der Waals surface area contributed by atoms with E-state index in [0.717, 1.165) is 25.7 Å². The lowest BCUT2D eigenvalue weighted by Crippen LogP contribution is -2.53. The van der Waals surface area contributed by atoms with Gasteiger partial charge in [-0.25, -0.2) is 0 Å². The Hall–Kier alpha value is -0.0800. The van der Waals surface area contributed by atoms with Crippen molar-refractivity contribution in [2.75, 3.05) is 6.54 Å². The molecule has 2 atom stereocenters. The van der Waals surface area contributed by atoms with Crippen LogP contribution in [0.1, 0.15) is 58.3 Å². The van der Waals surface area contributed by atoms with E-state index in [0.29, 0.717) is 12.5 Å². The average molecular weight is 211 g/mol. The van der Waals surface area contributed by atoms with E-state index in [1.54, 1.807) is 0 Å². The fraction of sp³-hybridized carbons (Fsp3) is 1.00. The van der Waals surface area contributed by atoms with Gasteiger partial charge in [-0.3, -0.25) is 0 Å². The summed E-state index contributed by atoms with van der Waals surface area (Å²) < 4.78 is 0. The summed E-state index contributed by atoms with van der Waals surface area (Å²) in [5.41, 5.74) is 5.61. The maximum atomic E-state index is 11.0. The Morgan fingerprint density at radius 1 is 1.20 bits per heavy atom. The van der Waals surface area contributed by atoms with Crippen LogP contribution in [0.15, 0.2) is 0 Å². The first-order valence-corrected chi connectivity index (χ1v) is 6.61. The van der Waals surface area contributed by atoms with E-state index < -0.39 is 5.60 Å². The van der Waals surface area contributed by atoms with Crippen molar-refractivity contribution in [2.45, 2.75) is 63.9 Å². The van der Waals surface area contributed by atoms with E-state index in [9.17, 15) is 5.11 Å². The van der Waals surface area contributed by atoms with Gasteiger partial charge in [0.2, 0.25) is 0 Å². The Bertz CT molecular complexity index is 223. The van der Waals surface area contributed by atoms with E-state index in [1.807, 2.05) is 0 Å². The van der Waals surface area contributed by atoms with Crippen LogP contribution in [0.25, 0.3) is 0 Å². The van der Waals surface area contributed by atoms with Gasteiger partial charge in [0, 0.05) is 12.0 Å². The van der Waals surface area contributed by atoms with Gasteiger partial charge < -0.3 is 10.8 Å². The van der Waals surface area contributed by atoms with Crippen LogP contribution in [-0.2, 0) is 0 Å². The molecule has 0 aliphatic heterocycles. The fourth-order valence-corrected chi connectivity index (χ4v) is 4.17. The van der Waals surface area contributed by atoms with E-state index in [4.69, 9.17) is 5.73 Å². The molecule has 0 aromatic rings. The summed E-state index contributed by atoms with van der Waals surface area (Å²) in [6.07, 6.45) is 9.31. The van der Waals surface area contributed by atoms with Gasteiger partial charge in [0.1, 0.15) is 0 Å². The SMILES string of the molecule is CCC1CCCC1(O)C1(CN)CCCC1. The molecule has 3 N–H and O–H groups in total. The van der Waals surface area contributed by atoms with Crippen LogP contribution < -0.4 is 5.73 Å². The molecule has 2 rings (SSSR count). The molecule has 2 saturated carbocycles. The van der Waals surface area contributed by atoms with Crippen molar-refractivity contribution >= 4 is 0 Å². The van der Waals surface area contributed by atoms with E-state index in [1.165, 1.54) is 25.7 Å². The van der Waals surface area contributed by atoms with Crippen molar-refractivity contribution in [1.82, 2.24) is 0 Å². The molecule has 0 spiro atoms. The molecule has 0 saturated heterocycles. The van der Waals surface area contributed by atoms with Crippen molar-refractivity contribution in [3.8, 4) is 0 Å². The Morgan fingerprint density at radius 2 is 1.87 bits per heavy atom. The summed E-state index contributed by atoms with van der Waals surface area (Å²) in [5, 5.41) is 11.0. The van der Waals surface area contributed by atoms with Crippen molar-refractivity contribution in [3.63, 3.8) is 0 Å². The predicted octanol–water partition coefficient (Wildman–Crippen LogP) is 2.45. The molecular weight excluding hydrogens is 186 g/mol. The number of hydrogen-bond acceptors (Lipinski definition) is 2. The van der Waals surface area contributed by atoms with Crippen molar-refractivity contribution < 1.29 is 5.11 Å². The van der Waals surface area contributed by atoms with Gasteiger partial charge in [-0.15, -0.1) is 0 Å². The molecule has 2 heteroatoms. The molecule has 0 aromatic heterocycles. The highest BCUT2D eigenvalue weighted by atomic mass is 16.3. The minimum atomic E-state index is -0.437. The standard InChI is InChI=1S/C13H25NO/c1-2-11-6-5-9-13(11,15)12(10-14)7-3-4-8-12/h11,15H,2-10,14H2,1H3.